The van der Waals surface area contributed by atoms with Gasteiger partial charge in [0.2, 0.25) is 0 Å². The van der Waals surface area contributed by atoms with Crippen LogP contribution in [-0.4, -0.2) is 26.4 Å². The quantitative estimate of drug-likeness (QED) is 0.503. The molecule has 1 unspecified atom stereocenters. The highest BCUT2D eigenvalue weighted by molar-refractivity contribution is 5.66. The van der Waals surface area contributed by atoms with Crippen molar-refractivity contribution in [2.45, 2.75) is 26.3 Å². The van der Waals surface area contributed by atoms with E-state index in [1.165, 1.54) is 11.1 Å². The van der Waals surface area contributed by atoms with Crippen molar-refractivity contribution >= 4 is 5.82 Å². The van der Waals surface area contributed by atoms with Gasteiger partial charge in [-0.2, -0.15) is 5.10 Å². The zero-order valence-corrected chi connectivity index (χ0v) is 18.0. The van der Waals surface area contributed by atoms with E-state index in [1.807, 2.05) is 43.2 Å². The zero-order chi connectivity index (χ0) is 21.4. The normalized spacial score (nSPS) is 13.5. The predicted molar refractivity (Wildman–Crippen MR) is 122 cm³/mol. The van der Waals surface area contributed by atoms with Gasteiger partial charge in [0.25, 0.3) is 0 Å². The molecule has 31 heavy (non-hydrogen) atoms. The predicted octanol–water partition coefficient (Wildman–Crippen LogP) is 4.96. The minimum atomic E-state index is 0.0900. The molecule has 0 spiro atoms. The number of benzene rings is 2. The number of anilines is 1. The first-order chi connectivity index (χ1) is 15.0. The molecule has 0 saturated carbocycles. The van der Waals surface area contributed by atoms with Crippen molar-refractivity contribution in [1.82, 2.24) is 19.7 Å². The van der Waals surface area contributed by atoms with Gasteiger partial charge in [-0.05, 0) is 54.8 Å². The molecule has 1 atom stereocenters. The number of hydrogen-bond acceptors (Lipinski definition) is 5. The number of ether oxygens (including phenoxy) is 1. The number of aromatic nitrogens is 4. The molecule has 6 nitrogen and oxygen atoms in total. The lowest BCUT2D eigenvalue weighted by atomic mass is 10.0. The first-order valence-corrected chi connectivity index (χ1v) is 10.5. The standard InChI is InChI=1S/C25H25N5O/c1-16(18-5-4-6-19(11-18)22-14-26-30(3)15-22)27-25-13-23(28-17(2)29-25)20-7-8-24-21(12-20)9-10-31-24/h4-8,11-16H,9-10H2,1-3H3,(H,27,28,29). The van der Waals surface area contributed by atoms with E-state index in [0.717, 1.165) is 52.8 Å². The van der Waals surface area contributed by atoms with E-state index in [2.05, 4.69) is 63.7 Å². The van der Waals surface area contributed by atoms with Crippen molar-refractivity contribution in [1.29, 1.82) is 0 Å². The second-order valence-electron chi connectivity index (χ2n) is 8.00. The summed E-state index contributed by atoms with van der Waals surface area (Å²) in [6.07, 6.45) is 4.86. The topological polar surface area (TPSA) is 64.9 Å². The van der Waals surface area contributed by atoms with Gasteiger partial charge < -0.3 is 10.1 Å². The minimum absolute atomic E-state index is 0.0900. The molecule has 1 aliphatic rings. The van der Waals surface area contributed by atoms with Gasteiger partial charge in [-0.15, -0.1) is 0 Å². The van der Waals surface area contributed by atoms with Crippen molar-refractivity contribution in [2.75, 3.05) is 11.9 Å². The smallest absolute Gasteiger partial charge is 0.130 e. The molecule has 4 aromatic rings. The van der Waals surface area contributed by atoms with Crippen LogP contribution < -0.4 is 10.1 Å². The molecule has 0 amide bonds. The van der Waals surface area contributed by atoms with Gasteiger partial charge in [0.05, 0.1) is 18.5 Å². The van der Waals surface area contributed by atoms with E-state index in [4.69, 9.17) is 4.74 Å². The Morgan fingerprint density at radius 1 is 1.03 bits per heavy atom. The summed E-state index contributed by atoms with van der Waals surface area (Å²) in [4.78, 5) is 9.29. The van der Waals surface area contributed by atoms with Crippen LogP contribution >= 0.6 is 0 Å². The van der Waals surface area contributed by atoms with E-state index >= 15 is 0 Å². The van der Waals surface area contributed by atoms with Gasteiger partial charge in [-0.25, -0.2) is 9.97 Å². The number of aryl methyl sites for hydroxylation is 2. The Labute approximate surface area is 181 Å². The van der Waals surface area contributed by atoms with Gasteiger partial charge in [-0.3, -0.25) is 4.68 Å². The van der Waals surface area contributed by atoms with Gasteiger partial charge in [0.15, 0.2) is 0 Å². The molecule has 5 rings (SSSR count). The summed E-state index contributed by atoms with van der Waals surface area (Å²) in [5.41, 5.74) is 6.69. The molecule has 3 heterocycles. The Bertz CT molecular complexity index is 1250. The van der Waals surface area contributed by atoms with Crippen LogP contribution in [0.3, 0.4) is 0 Å². The molecule has 0 radical (unpaired) electrons. The Morgan fingerprint density at radius 2 is 1.94 bits per heavy atom. The summed E-state index contributed by atoms with van der Waals surface area (Å²) in [6.45, 7) is 4.83. The fraction of sp³-hybridized carbons (Fsp3) is 0.240. The molecular weight excluding hydrogens is 386 g/mol. The molecule has 156 valence electrons. The van der Waals surface area contributed by atoms with Crippen LogP contribution in [0.5, 0.6) is 5.75 Å². The van der Waals surface area contributed by atoms with Crippen molar-refractivity contribution in [3.63, 3.8) is 0 Å². The summed E-state index contributed by atoms with van der Waals surface area (Å²) in [6, 6.07) is 16.9. The largest absolute Gasteiger partial charge is 0.493 e. The Hall–Kier alpha value is -3.67. The van der Waals surface area contributed by atoms with Crippen molar-refractivity contribution in [2.24, 2.45) is 7.05 Å². The SMILES string of the molecule is Cc1nc(NC(C)c2cccc(-c3cnn(C)c3)c2)cc(-c2ccc3c(c2)CCO3)n1. The number of nitrogens with zero attached hydrogens (tertiary/aromatic N) is 4. The van der Waals surface area contributed by atoms with Crippen LogP contribution in [0.25, 0.3) is 22.4 Å². The van der Waals surface area contributed by atoms with Crippen LogP contribution in [0.1, 0.15) is 29.9 Å². The second-order valence-corrected chi connectivity index (χ2v) is 8.00. The first kappa shape index (κ1) is 19.3. The van der Waals surface area contributed by atoms with E-state index < -0.39 is 0 Å². The molecule has 0 aliphatic carbocycles. The minimum Gasteiger partial charge on any atom is -0.493 e. The maximum atomic E-state index is 5.63. The van der Waals surface area contributed by atoms with E-state index in [-0.39, 0.29) is 6.04 Å². The fourth-order valence-electron chi connectivity index (χ4n) is 4.00. The molecule has 2 aromatic heterocycles. The summed E-state index contributed by atoms with van der Waals surface area (Å²) in [5, 5.41) is 7.83. The lowest BCUT2D eigenvalue weighted by Crippen LogP contribution is -2.09. The summed E-state index contributed by atoms with van der Waals surface area (Å²) in [5.74, 6) is 2.54. The molecule has 2 aromatic carbocycles. The average Bonchev–Trinajstić information content (AvgIpc) is 3.41. The number of rotatable bonds is 5. The monoisotopic (exact) mass is 411 g/mol. The van der Waals surface area contributed by atoms with Gasteiger partial charge in [-0.1, -0.05) is 18.2 Å². The van der Waals surface area contributed by atoms with Crippen molar-refractivity contribution < 1.29 is 4.74 Å². The fourth-order valence-corrected chi connectivity index (χ4v) is 4.00. The summed E-state index contributed by atoms with van der Waals surface area (Å²) >= 11 is 0. The van der Waals surface area contributed by atoms with E-state index in [0.29, 0.717) is 0 Å². The number of hydrogen-bond donors (Lipinski definition) is 1. The van der Waals surface area contributed by atoms with Crippen LogP contribution in [0.2, 0.25) is 0 Å². The highest BCUT2D eigenvalue weighted by atomic mass is 16.5. The Morgan fingerprint density at radius 3 is 2.77 bits per heavy atom. The average molecular weight is 412 g/mol. The van der Waals surface area contributed by atoms with Gasteiger partial charge >= 0.3 is 0 Å². The molecule has 1 aliphatic heterocycles. The maximum Gasteiger partial charge on any atom is 0.130 e. The zero-order valence-electron chi connectivity index (χ0n) is 18.0. The molecule has 0 bridgehead atoms. The second kappa shape index (κ2) is 7.87. The third-order valence-electron chi connectivity index (χ3n) is 5.61. The number of nitrogens with one attached hydrogen (secondary N) is 1. The first-order valence-electron chi connectivity index (χ1n) is 10.5. The molecule has 0 fully saturated rings. The van der Waals surface area contributed by atoms with Crippen LogP contribution in [0.15, 0.2) is 60.9 Å². The molecular formula is C25H25N5O. The van der Waals surface area contributed by atoms with Crippen LogP contribution in [-0.2, 0) is 13.5 Å². The Balaban J connectivity index is 1.40. The third-order valence-corrected chi connectivity index (χ3v) is 5.61. The van der Waals surface area contributed by atoms with Gasteiger partial charge in [0.1, 0.15) is 17.4 Å². The molecule has 0 saturated heterocycles. The van der Waals surface area contributed by atoms with E-state index in [9.17, 15) is 0 Å². The number of fused-ring (bicyclic) bond motifs is 1. The lowest BCUT2D eigenvalue weighted by molar-refractivity contribution is 0.357. The third kappa shape index (κ3) is 4.01. The summed E-state index contributed by atoms with van der Waals surface area (Å²) < 4.78 is 7.45. The highest BCUT2D eigenvalue weighted by Crippen LogP contribution is 2.31. The highest BCUT2D eigenvalue weighted by Gasteiger charge is 2.15. The molecule has 1 N–H and O–H groups in total. The van der Waals surface area contributed by atoms with Gasteiger partial charge in [0, 0.05) is 42.9 Å². The van der Waals surface area contributed by atoms with Crippen LogP contribution in [0, 0.1) is 6.92 Å². The summed E-state index contributed by atoms with van der Waals surface area (Å²) in [7, 11) is 1.93. The van der Waals surface area contributed by atoms with Crippen LogP contribution in [0.4, 0.5) is 5.82 Å². The van der Waals surface area contributed by atoms with Crippen molar-refractivity contribution in [3.8, 4) is 28.1 Å². The van der Waals surface area contributed by atoms with Crippen molar-refractivity contribution in [3.05, 3.63) is 77.9 Å². The lowest BCUT2D eigenvalue weighted by Gasteiger charge is -2.17. The Kier molecular flexibility index (Phi) is 4.90. The maximum absolute atomic E-state index is 5.63. The van der Waals surface area contributed by atoms with E-state index in [1.54, 1.807) is 0 Å². The molecule has 6 heteroatoms.